The van der Waals surface area contributed by atoms with Gasteiger partial charge in [0.1, 0.15) is 5.82 Å². The van der Waals surface area contributed by atoms with E-state index in [1.54, 1.807) is 11.3 Å². The van der Waals surface area contributed by atoms with E-state index < -0.39 is 0 Å². The van der Waals surface area contributed by atoms with Crippen LogP contribution < -0.4 is 5.32 Å². The molecule has 3 nitrogen and oxygen atoms in total. The Morgan fingerprint density at radius 1 is 1.10 bits per heavy atom. The first-order chi connectivity index (χ1) is 9.99. The van der Waals surface area contributed by atoms with Crippen molar-refractivity contribution in [2.75, 3.05) is 12.4 Å². The van der Waals surface area contributed by atoms with Crippen LogP contribution in [0.2, 0.25) is 0 Å². The number of aromatic nitrogens is 2. The second kappa shape index (κ2) is 5.66. The van der Waals surface area contributed by atoms with Gasteiger partial charge in [-0.25, -0.2) is 9.97 Å². The summed E-state index contributed by atoms with van der Waals surface area (Å²) in [5.41, 5.74) is 2.19. The van der Waals surface area contributed by atoms with Crippen LogP contribution in [0.25, 0.3) is 21.6 Å². The van der Waals surface area contributed by atoms with Gasteiger partial charge in [-0.15, -0.1) is 11.3 Å². The largest absolute Gasteiger partial charge is 0.373 e. The van der Waals surface area contributed by atoms with Gasteiger partial charge in [0.2, 0.25) is 0 Å². The van der Waals surface area contributed by atoms with Gasteiger partial charge in [-0.2, -0.15) is 0 Å². The van der Waals surface area contributed by atoms with Crippen molar-refractivity contribution in [1.29, 1.82) is 0 Å². The van der Waals surface area contributed by atoms with Gasteiger partial charge in [-0.05, 0) is 53.5 Å². The number of aryl methyl sites for hydroxylation is 2. The maximum Gasteiger partial charge on any atom is 0.172 e. The van der Waals surface area contributed by atoms with Crippen LogP contribution in [0, 0.1) is 13.8 Å². The third-order valence-electron chi connectivity index (χ3n) is 3.34. The van der Waals surface area contributed by atoms with Crippen LogP contribution in [0.1, 0.15) is 10.4 Å². The average Bonchev–Trinajstić information content (AvgIpc) is 2.78. The minimum absolute atomic E-state index is 0.760. The van der Waals surface area contributed by atoms with E-state index >= 15 is 0 Å². The van der Waals surface area contributed by atoms with Crippen LogP contribution in [0.15, 0.2) is 27.1 Å². The summed E-state index contributed by atoms with van der Waals surface area (Å²) in [6, 6.07) is 6.18. The Morgan fingerprint density at radius 3 is 2.48 bits per heavy atom. The first kappa shape index (κ1) is 14.9. The number of hydrogen-bond donors (Lipinski definition) is 1. The molecule has 3 rings (SSSR count). The van der Waals surface area contributed by atoms with Gasteiger partial charge in [-0.3, -0.25) is 0 Å². The fourth-order valence-electron chi connectivity index (χ4n) is 2.14. The quantitative estimate of drug-likeness (QED) is 0.584. The van der Waals surface area contributed by atoms with E-state index in [9.17, 15) is 0 Å². The molecule has 0 saturated carbocycles. The lowest BCUT2D eigenvalue weighted by molar-refractivity contribution is 1.22. The van der Waals surface area contributed by atoms with E-state index in [0.717, 1.165) is 36.4 Å². The number of nitrogens with one attached hydrogen (secondary N) is 1. The van der Waals surface area contributed by atoms with Crippen molar-refractivity contribution in [1.82, 2.24) is 9.97 Å². The van der Waals surface area contributed by atoms with Gasteiger partial charge < -0.3 is 5.32 Å². The van der Waals surface area contributed by atoms with Crippen LogP contribution in [-0.4, -0.2) is 17.0 Å². The normalized spacial score (nSPS) is 11.1. The number of halogens is 2. The molecule has 0 amide bonds. The van der Waals surface area contributed by atoms with E-state index in [2.05, 4.69) is 62.1 Å². The van der Waals surface area contributed by atoms with E-state index in [0.29, 0.717) is 0 Å². The summed E-state index contributed by atoms with van der Waals surface area (Å²) in [6.45, 7) is 4.24. The molecule has 0 spiro atoms. The van der Waals surface area contributed by atoms with Gasteiger partial charge in [0.15, 0.2) is 5.82 Å². The zero-order valence-electron chi connectivity index (χ0n) is 11.8. The molecule has 0 fully saturated rings. The molecule has 1 aromatic carbocycles. The number of anilines is 1. The molecule has 0 radical (unpaired) electrons. The Hall–Kier alpha value is -0.980. The van der Waals surface area contributed by atoms with E-state index in [1.807, 2.05) is 19.2 Å². The Balaban J connectivity index is 2.30. The standard InChI is InChI=1S/C15H13Br2N3S/c1-7-4-12(21-8(7)2)15-19-13-10(14(18-3)20-15)5-9(16)6-11(13)17/h4-6H,1-3H3,(H,18,19,20). The molecule has 0 atom stereocenters. The van der Waals surface area contributed by atoms with Crippen LogP contribution in [-0.2, 0) is 0 Å². The molecule has 2 aromatic heterocycles. The van der Waals surface area contributed by atoms with Crippen molar-refractivity contribution in [3.63, 3.8) is 0 Å². The molecule has 2 heterocycles. The number of rotatable bonds is 2. The molecular weight excluding hydrogens is 414 g/mol. The third kappa shape index (κ3) is 2.72. The average molecular weight is 427 g/mol. The van der Waals surface area contributed by atoms with Crippen LogP contribution in [0.5, 0.6) is 0 Å². The molecule has 0 aliphatic heterocycles. The molecule has 0 aliphatic rings. The van der Waals surface area contributed by atoms with Crippen molar-refractivity contribution in [3.8, 4) is 10.7 Å². The Bertz CT molecular complexity index is 823. The minimum atomic E-state index is 0.760. The number of fused-ring (bicyclic) bond motifs is 1. The number of nitrogens with zero attached hydrogens (tertiary/aromatic N) is 2. The van der Waals surface area contributed by atoms with Crippen molar-refractivity contribution >= 4 is 59.9 Å². The van der Waals surface area contributed by atoms with E-state index in [-0.39, 0.29) is 0 Å². The predicted molar refractivity (Wildman–Crippen MR) is 97.3 cm³/mol. The summed E-state index contributed by atoms with van der Waals surface area (Å²) in [5.74, 6) is 1.59. The molecule has 21 heavy (non-hydrogen) atoms. The fourth-order valence-corrected chi connectivity index (χ4v) is 4.42. The second-order valence-electron chi connectivity index (χ2n) is 4.78. The van der Waals surface area contributed by atoms with Gasteiger partial charge in [0.05, 0.1) is 10.4 Å². The maximum atomic E-state index is 4.74. The molecule has 0 unspecified atom stereocenters. The first-order valence-corrected chi connectivity index (χ1v) is 8.82. The third-order valence-corrected chi connectivity index (χ3v) is 5.55. The second-order valence-corrected chi connectivity index (χ2v) is 7.81. The highest BCUT2D eigenvalue weighted by Crippen LogP contribution is 2.35. The summed E-state index contributed by atoms with van der Waals surface area (Å²) >= 11 is 8.83. The summed E-state index contributed by atoms with van der Waals surface area (Å²) in [4.78, 5) is 11.8. The zero-order chi connectivity index (χ0) is 15.1. The number of hydrogen-bond acceptors (Lipinski definition) is 4. The predicted octanol–water partition coefficient (Wildman–Crippen LogP) is 5.54. The molecular formula is C15H13Br2N3S. The molecule has 1 N–H and O–H groups in total. The SMILES string of the molecule is CNc1nc(-c2cc(C)c(C)s2)nc2c(Br)cc(Br)cc12. The molecule has 0 aliphatic carbocycles. The van der Waals surface area contributed by atoms with Crippen LogP contribution in [0.4, 0.5) is 5.82 Å². The highest BCUT2D eigenvalue weighted by molar-refractivity contribution is 9.11. The molecule has 3 aromatic rings. The molecule has 6 heteroatoms. The summed E-state index contributed by atoms with van der Waals surface area (Å²) in [6.07, 6.45) is 0. The lowest BCUT2D eigenvalue weighted by Crippen LogP contribution is -1.98. The highest BCUT2D eigenvalue weighted by Gasteiger charge is 2.14. The van der Waals surface area contributed by atoms with Crippen LogP contribution >= 0.6 is 43.2 Å². The van der Waals surface area contributed by atoms with Gasteiger partial charge in [0, 0.05) is 26.3 Å². The lowest BCUT2D eigenvalue weighted by Gasteiger charge is -2.09. The fraction of sp³-hybridized carbons (Fsp3) is 0.200. The first-order valence-electron chi connectivity index (χ1n) is 6.41. The minimum Gasteiger partial charge on any atom is -0.373 e. The molecule has 0 saturated heterocycles. The number of thiophene rings is 1. The molecule has 0 bridgehead atoms. The summed E-state index contributed by atoms with van der Waals surface area (Å²) in [7, 11) is 1.88. The van der Waals surface area contributed by atoms with E-state index in [4.69, 9.17) is 4.98 Å². The molecule has 108 valence electrons. The highest BCUT2D eigenvalue weighted by atomic mass is 79.9. The van der Waals surface area contributed by atoms with Crippen LogP contribution in [0.3, 0.4) is 0 Å². The van der Waals surface area contributed by atoms with E-state index in [1.165, 1.54) is 10.4 Å². The summed E-state index contributed by atoms with van der Waals surface area (Å²) in [5, 5.41) is 4.16. The van der Waals surface area contributed by atoms with Crippen molar-refractivity contribution in [3.05, 3.63) is 37.6 Å². The van der Waals surface area contributed by atoms with Gasteiger partial charge >= 0.3 is 0 Å². The Kier molecular flexibility index (Phi) is 4.03. The van der Waals surface area contributed by atoms with Gasteiger partial charge in [-0.1, -0.05) is 15.9 Å². The van der Waals surface area contributed by atoms with Gasteiger partial charge in [0.25, 0.3) is 0 Å². The zero-order valence-corrected chi connectivity index (χ0v) is 15.8. The Labute approximate surface area is 144 Å². The Morgan fingerprint density at radius 2 is 1.86 bits per heavy atom. The van der Waals surface area contributed by atoms with Crippen molar-refractivity contribution in [2.45, 2.75) is 13.8 Å². The number of benzene rings is 1. The van der Waals surface area contributed by atoms with Crippen molar-refractivity contribution < 1.29 is 0 Å². The smallest absolute Gasteiger partial charge is 0.172 e. The monoisotopic (exact) mass is 425 g/mol. The summed E-state index contributed by atoms with van der Waals surface area (Å²) < 4.78 is 1.95. The maximum absolute atomic E-state index is 4.74. The topological polar surface area (TPSA) is 37.8 Å². The van der Waals surface area contributed by atoms with Crippen molar-refractivity contribution in [2.24, 2.45) is 0 Å². The lowest BCUT2D eigenvalue weighted by atomic mass is 10.2.